The Kier molecular flexibility index (Phi) is 3.60. The summed E-state index contributed by atoms with van der Waals surface area (Å²) in [5.41, 5.74) is 9.56. The average Bonchev–Trinajstić information content (AvgIpc) is 3.29. The van der Waals surface area contributed by atoms with E-state index in [1.807, 2.05) is 0 Å². The molecule has 0 spiro atoms. The van der Waals surface area contributed by atoms with E-state index in [0.29, 0.717) is 0 Å². The maximum Gasteiger partial charge on any atom is 0.114 e. The Morgan fingerprint density at radius 3 is 0.879 bits per heavy atom. The van der Waals surface area contributed by atoms with Crippen molar-refractivity contribution in [3.63, 3.8) is 0 Å². The molecule has 0 unspecified atom stereocenters. The van der Waals surface area contributed by atoms with E-state index < -0.39 is 24.2 Å². The largest absolute Gasteiger partial charge is 0.114 e. The first-order chi connectivity index (χ1) is 15.7. The normalized spacial score (nSPS) is 18.7. The van der Waals surface area contributed by atoms with E-state index in [-0.39, 0.29) is 0 Å². The van der Waals surface area contributed by atoms with Gasteiger partial charge in [-0.15, -0.1) is 0 Å². The molecule has 162 valence electrons. The van der Waals surface area contributed by atoms with E-state index in [2.05, 4.69) is 112 Å². The van der Waals surface area contributed by atoms with Crippen LogP contribution in [0.5, 0.6) is 0 Å². The number of fused-ring (bicyclic) bond motifs is 12. The van der Waals surface area contributed by atoms with Gasteiger partial charge in [-0.25, -0.2) is 0 Å². The molecule has 0 atom stereocenters. The van der Waals surface area contributed by atoms with Gasteiger partial charge in [-0.05, 0) is 64.5 Å². The van der Waals surface area contributed by atoms with Crippen molar-refractivity contribution in [3.8, 4) is 33.4 Å². The van der Waals surface area contributed by atoms with Crippen LogP contribution in [0.3, 0.4) is 0 Å². The van der Waals surface area contributed by atoms with Gasteiger partial charge < -0.3 is 0 Å². The molecule has 3 aliphatic heterocycles. The lowest BCUT2D eigenvalue weighted by atomic mass is 9.93. The Hall–Kier alpha value is -2.47. The van der Waals surface area contributed by atoms with Gasteiger partial charge in [0.25, 0.3) is 0 Å². The molecule has 0 saturated carbocycles. The third kappa shape index (κ3) is 2.13. The van der Waals surface area contributed by atoms with Crippen molar-refractivity contribution < 1.29 is 0 Å². The highest BCUT2D eigenvalue weighted by Crippen LogP contribution is 2.42. The van der Waals surface area contributed by atoms with Gasteiger partial charge in [0.05, 0.1) is 0 Å². The van der Waals surface area contributed by atoms with E-state index in [0.717, 1.165) is 0 Å². The molecule has 3 aliphatic rings. The van der Waals surface area contributed by atoms with Crippen molar-refractivity contribution >= 4 is 55.3 Å². The predicted octanol–water partition coefficient (Wildman–Crippen LogP) is 4.10. The van der Waals surface area contributed by atoms with Crippen LogP contribution >= 0.6 is 0 Å². The summed E-state index contributed by atoms with van der Waals surface area (Å²) in [4.78, 5) is 0. The zero-order valence-electron chi connectivity index (χ0n) is 20.4. The van der Waals surface area contributed by atoms with Gasteiger partial charge in [-0.3, -0.25) is 0 Å². The topological polar surface area (TPSA) is 0 Å². The van der Waals surface area contributed by atoms with Gasteiger partial charge in [-0.1, -0.05) is 112 Å². The molecule has 0 nitrogen and oxygen atoms in total. The van der Waals surface area contributed by atoms with Gasteiger partial charge in [0.1, 0.15) is 24.2 Å². The molecular formula is C30H30Si3. The molecule has 3 heterocycles. The summed E-state index contributed by atoms with van der Waals surface area (Å²) in [7, 11) is -5.50. The second-order valence-corrected chi connectivity index (χ2v) is 24.6. The highest BCUT2D eigenvalue weighted by molar-refractivity contribution is 7.12. The van der Waals surface area contributed by atoms with E-state index >= 15 is 0 Å². The van der Waals surface area contributed by atoms with Crippen LogP contribution in [-0.2, 0) is 0 Å². The average molecular weight is 475 g/mol. The van der Waals surface area contributed by atoms with Crippen molar-refractivity contribution in [2.75, 3.05) is 0 Å². The second kappa shape index (κ2) is 5.96. The molecular weight excluding hydrogens is 445 g/mol. The minimum absolute atomic E-state index is 1.54. The summed E-state index contributed by atoms with van der Waals surface area (Å²) in [6, 6.07) is 28.2. The predicted molar refractivity (Wildman–Crippen MR) is 153 cm³/mol. The lowest BCUT2D eigenvalue weighted by Gasteiger charge is -2.30. The van der Waals surface area contributed by atoms with Crippen LogP contribution in [0.25, 0.3) is 33.4 Å². The first-order valence-corrected chi connectivity index (χ1v) is 21.2. The molecule has 0 saturated heterocycles. The van der Waals surface area contributed by atoms with E-state index in [4.69, 9.17) is 0 Å². The van der Waals surface area contributed by atoms with Gasteiger partial charge in [0, 0.05) is 0 Å². The maximum atomic E-state index is 2.61. The Balaban J connectivity index is 1.79. The summed E-state index contributed by atoms with van der Waals surface area (Å²) in [5, 5.41) is 10.2. The van der Waals surface area contributed by atoms with Crippen molar-refractivity contribution in [3.05, 3.63) is 72.8 Å². The van der Waals surface area contributed by atoms with E-state index in [9.17, 15) is 0 Å². The Labute approximate surface area is 200 Å². The number of hydrogen-bond donors (Lipinski definition) is 0. The fourth-order valence-corrected chi connectivity index (χ4v) is 18.3. The lowest BCUT2D eigenvalue weighted by Crippen LogP contribution is -2.58. The number of benzene rings is 4. The van der Waals surface area contributed by atoms with Crippen molar-refractivity contribution in [1.29, 1.82) is 0 Å². The number of hydrogen-bond acceptors (Lipinski definition) is 0. The molecule has 33 heavy (non-hydrogen) atoms. The molecule has 0 bridgehead atoms. The maximum absolute atomic E-state index is 2.61. The molecule has 0 amide bonds. The SMILES string of the molecule is C[Si]1(C)c2ccccc2-c2c1c1c(c3c2[Si](C)(C)c2ccccc2-3)[Si](C)(C)c2ccccc2-1. The summed E-state index contributed by atoms with van der Waals surface area (Å²) in [6.07, 6.45) is 0. The molecule has 4 aromatic rings. The van der Waals surface area contributed by atoms with Crippen LogP contribution in [0.4, 0.5) is 0 Å². The van der Waals surface area contributed by atoms with E-state index in [1.165, 1.54) is 0 Å². The van der Waals surface area contributed by atoms with Crippen LogP contribution in [0.15, 0.2) is 72.8 Å². The van der Waals surface area contributed by atoms with Gasteiger partial charge in [-0.2, -0.15) is 0 Å². The van der Waals surface area contributed by atoms with E-state index in [1.54, 1.807) is 64.5 Å². The summed E-state index contributed by atoms with van der Waals surface area (Å²) in [5.74, 6) is 0. The molecule has 3 heteroatoms. The van der Waals surface area contributed by atoms with Gasteiger partial charge in [0.15, 0.2) is 0 Å². The van der Waals surface area contributed by atoms with Crippen LogP contribution in [0.1, 0.15) is 0 Å². The molecule has 7 rings (SSSR count). The highest BCUT2D eigenvalue weighted by Gasteiger charge is 2.53. The van der Waals surface area contributed by atoms with Crippen LogP contribution < -0.4 is 31.1 Å². The second-order valence-electron chi connectivity index (χ2n) is 11.8. The first-order valence-electron chi connectivity index (χ1n) is 12.2. The monoisotopic (exact) mass is 474 g/mol. The van der Waals surface area contributed by atoms with Crippen molar-refractivity contribution in [2.24, 2.45) is 0 Å². The fraction of sp³-hybridized carbons (Fsp3) is 0.200. The Morgan fingerprint density at radius 2 is 0.606 bits per heavy atom. The zero-order chi connectivity index (χ0) is 22.9. The smallest absolute Gasteiger partial charge is 0.0623 e. The standard InChI is InChI=1S/C30H30Si3/c1-31(2)22-16-10-7-13-19(22)25-28(31)26-20-14-8-11-17-23(20)32(3,4)30(26)27-21-15-9-12-18-24(21)33(5,6)29(25)27/h7-18H,1-6H3. The van der Waals surface area contributed by atoms with Crippen molar-refractivity contribution in [2.45, 2.75) is 39.3 Å². The summed E-state index contributed by atoms with van der Waals surface area (Å²) in [6.45, 7) is 15.6. The third-order valence-corrected chi connectivity index (χ3v) is 19.6. The zero-order valence-corrected chi connectivity index (χ0v) is 23.4. The molecule has 4 aromatic carbocycles. The molecule has 0 N–H and O–H groups in total. The Bertz CT molecular complexity index is 1330. The third-order valence-electron chi connectivity index (χ3n) is 8.98. The quantitative estimate of drug-likeness (QED) is 0.337. The Morgan fingerprint density at radius 1 is 0.364 bits per heavy atom. The summed E-state index contributed by atoms with van der Waals surface area (Å²) >= 11 is 0. The minimum atomic E-state index is -1.83. The van der Waals surface area contributed by atoms with Gasteiger partial charge in [0.2, 0.25) is 0 Å². The summed E-state index contributed by atoms with van der Waals surface area (Å²) < 4.78 is 0. The molecule has 0 aromatic heterocycles. The minimum Gasteiger partial charge on any atom is -0.0623 e. The van der Waals surface area contributed by atoms with Crippen molar-refractivity contribution in [1.82, 2.24) is 0 Å². The molecule has 0 aliphatic carbocycles. The van der Waals surface area contributed by atoms with Crippen LogP contribution in [0.2, 0.25) is 39.3 Å². The van der Waals surface area contributed by atoms with Gasteiger partial charge >= 0.3 is 0 Å². The fourth-order valence-electron chi connectivity index (χ4n) is 7.58. The van der Waals surface area contributed by atoms with Crippen LogP contribution in [0, 0.1) is 0 Å². The number of rotatable bonds is 0. The molecule has 0 radical (unpaired) electrons. The lowest BCUT2D eigenvalue weighted by molar-refractivity contribution is 1.71. The molecule has 0 fully saturated rings. The van der Waals surface area contributed by atoms with Crippen LogP contribution in [-0.4, -0.2) is 24.2 Å². The highest BCUT2D eigenvalue weighted by atomic mass is 28.3. The first kappa shape index (κ1) is 20.0.